The smallest absolute Gasteiger partial charge is 0.337 e. The lowest BCUT2D eigenvalue weighted by molar-refractivity contribution is 0.0649. The first-order valence-corrected chi connectivity index (χ1v) is 6.50. The predicted octanol–water partition coefficient (Wildman–Crippen LogP) is 3.27. The molecule has 0 heterocycles. The van der Waals surface area contributed by atoms with Gasteiger partial charge < -0.3 is 14.9 Å². The number of carboxylic acids is 2. The van der Waals surface area contributed by atoms with Crippen molar-refractivity contribution >= 4 is 27.9 Å². The third kappa shape index (κ3) is 3.47. The van der Waals surface area contributed by atoms with Crippen LogP contribution in [0.4, 0.5) is 0 Å². The third-order valence-electron chi connectivity index (χ3n) is 2.80. The van der Waals surface area contributed by atoms with Gasteiger partial charge in [0.2, 0.25) is 0 Å². The first-order valence-electron chi connectivity index (χ1n) is 5.71. The summed E-state index contributed by atoms with van der Waals surface area (Å²) in [6, 6.07) is 2.69. The maximum Gasteiger partial charge on any atom is 0.337 e. The van der Waals surface area contributed by atoms with Crippen LogP contribution in [0.3, 0.4) is 0 Å². The second-order valence-electron chi connectivity index (χ2n) is 4.48. The van der Waals surface area contributed by atoms with Crippen LogP contribution < -0.4 is 4.74 Å². The monoisotopic (exact) mass is 330 g/mol. The Kier molecular flexibility index (Phi) is 4.94. The molecule has 2 N–H and O–H groups in total. The van der Waals surface area contributed by atoms with Gasteiger partial charge in [0.1, 0.15) is 5.75 Å². The fourth-order valence-corrected chi connectivity index (χ4v) is 1.98. The highest BCUT2D eigenvalue weighted by Crippen LogP contribution is 2.32. The molecular weight excluding hydrogens is 316 g/mol. The number of rotatable bonds is 5. The Morgan fingerprint density at radius 3 is 2.16 bits per heavy atom. The summed E-state index contributed by atoms with van der Waals surface area (Å²) in [6.45, 7) is 5.81. The summed E-state index contributed by atoms with van der Waals surface area (Å²) in [5.74, 6) is -2.03. The Balaban J connectivity index is 3.28. The fraction of sp³-hybridized carbons (Fsp3) is 0.385. The minimum Gasteiger partial charge on any atom is -0.489 e. The molecule has 0 aliphatic carbocycles. The average Bonchev–Trinajstić information content (AvgIpc) is 2.30. The lowest BCUT2D eigenvalue weighted by atomic mass is 10.1. The van der Waals surface area contributed by atoms with E-state index in [-0.39, 0.29) is 27.6 Å². The number of aromatic carboxylic acids is 2. The summed E-state index contributed by atoms with van der Waals surface area (Å²) in [4.78, 5) is 22.2. The van der Waals surface area contributed by atoms with Gasteiger partial charge in [-0.3, -0.25) is 0 Å². The number of hydrogen-bond acceptors (Lipinski definition) is 3. The minimum atomic E-state index is -1.31. The van der Waals surface area contributed by atoms with Crippen molar-refractivity contribution in [3.8, 4) is 5.75 Å². The molecule has 1 aromatic carbocycles. The molecule has 19 heavy (non-hydrogen) atoms. The van der Waals surface area contributed by atoms with Crippen molar-refractivity contribution < 1.29 is 24.5 Å². The van der Waals surface area contributed by atoms with Gasteiger partial charge in [-0.15, -0.1) is 0 Å². The maximum absolute atomic E-state index is 11.2. The highest BCUT2D eigenvalue weighted by molar-refractivity contribution is 9.10. The Morgan fingerprint density at radius 2 is 1.74 bits per heavy atom. The van der Waals surface area contributed by atoms with E-state index < -0.39 is 11.9 Å². The van der Waals surface area contributed by atoms with E-state index in [9.17, 15) is 9.59 Å². The fourth-order valence-electron chi connectivity index (χ4n) is 1.37. The second-order valence-corrected chi connectivity index (χ2v) is 5.27. The summed E-state index contributed by atoms with van der Waals surface area (Å²) >= 11 is 3.11. The number of carbonyl (C=O) groups is 2. The minimum absolute atomic E-state index is 0.117. The topological polar surface area (TPSA) is 83.8 Å². The molecule has 0 spiro atoms. The summed E-state index contributed by atoms with van der Waals surface area (Å²) in [5.41, 5.74) is -0.579. The molecule has 1 aromatic rings. The molecule has 1 unspecified atom stereocenters. The summed E-state index contributed by atoms with van der Waals surface area (Å²) < 4.78 is 5.77. The van der Waals surface area contributed by atoms with E-state index in [1.54, 1.807) is 0 Å². The van der Waals surface area contributed by atoms with E-state index in [0.717, 1.165) is 0 Å². The lowest BCUT2D eigenvalue weighted by Crippen LogP contribution is -2.19. The number of benzene rings is 1. The van der Waals surface area contributed by atoms with Gasteiger partial charge in [0.15, 0.2) is 0 Å². The molecule has 0 aliphatic heterocycles. The molecular formula is C13H15BrO5. The van der Waals surface area contributed by atoms with Crippen molar-refractivity contribution in [1.29, 1.82) is 0 Å². The van der Waals surface area contributed by atoms with Crippen LogP contribution in [-0.2, 0) is 0 Å². The number of carboxylic acid groups (broad SMARTS) is 2. The van der Waals surface area contributed by atoms with E-state index in [1.807, 2.05) is 20.8 Å². The van der Waals surface area contributed by atoms with Crippen LogP contribution in [0.15, 0.2) is 16.6 Å². The number of halogens is 1. The van der Waals surface area contributed by atoms with Gasteiger partial charge in [-0.05, 0) is 40.9 Å². The Bertz CT molecular complexity index is 510. The van der Waals surface area contributed by atoms with Crippen LogP contribution in [0.5, 0.6) is 5.75 Å². The van der Waals surface area contributed by atoms with Crippen LogP contribution in [0.2, 0.25) is 0 Å². The molecule has 0 aromatic heterocycles. The normalized spacial score (nSPS) is 12.3. The summed E-state index contributed by atoms with van der Waals surface area (Å²) in [5, 5.41) is 18.1. The Labute approximate surface area is 119 Å². The molecule has 0 amide bonds. The molecule has 1 rings (SSSR count). The predicted molar refractivity (Wildman–Crippen MR) is 73.0 cm³/mol. The van der Waals surface area contributed by atoms with Crippen molar-refractivity contribution in [2.75, 3.05) is 0 Å². The van der Waals surface area contributed by atoms with Gasteiger partial charge in [0, 0.05) is 0 Å². The maximum atomic E-state index is 11.2. The SMILES string of the molecule is CC(C)C(C)Oc1ccc(C(=O)O)c(C(=O)O)c1Br. The van der Waals surface area contributed by atoms with Crippen molar-refractivity contribution in [2.45, 2.75) is 26.9 Å². The molecule has 0 aliphatic rings. The quantitative estimate of drug-likeness (QED) is 0.865. The molecule has 0 bridgehead atoms. The van der Waals surface area contributed by atoms with Crippen LogP contribution in [0.25, 0.3) is 0 Å². The van der Waals surface area contributed by atoms with Gasteiger partial charge in [-0.2, -0.15) is 0 Å². The van der Waals surface area contributed by atoms with Crippen molar-refractivity contribution in [1.82, 2.24) is 0 Å². The molecule has 0 saturated heterocycles. The first-order chi connectivity index (χ1) is 8.75. The average molecular weight is 331 g/mol. The van der Waals surface area contributed by atoms with Gasteiger partial charge in [-0.25, -0.2) is 9.59 Å². The van der Waals surface area contributed by atoms with E-state index in [2.05, 4.69) is 15.9 Å². The molecule has 6 heteroatoms. The van der Waals surface area contributed by atoms with Crippen LogP contribution in [0, 0.1) is 5.92 Å². The summed E-state index contributed by atoms with van der Waals surface area (Å²) in [7, 11) is 0. The van der Waals surface area contributed by atoms with E-state index in [0.29, 0.717) is 5.75 Å². The first kappa shape index (κ1) is 15.5. The van der Waals surface area contributed by atoms with E-state index >= 15 is 0 Å². The van der Waals surface area contributed by atoms with Gasteiger partial charge in [0.25, 0.3) is 0 Å². The largest absolute Gasteiger partial charge is 0.489 e. The standard InChI is InChI=1S/C13H15BrO5/c1-6(2)7(3)19-9-5-4-8(12(15)16)10(11(9)14)13(17)18/h4-7H,1-3H3,(H,15,16)(H,17,18). The molecule has 1 atom stereocenters. The van der Waals surface area contributed by atoms with Crippen LogP contribution in [0.1, 0.15) is 41.5 Å². The highest BCUT2D eigenvalue weighted by atomic mass is 79.9. The summed E-state index contributed by atoms with van der Waals surface area (Å²) in [6.07, 6.45) is -0.117. The zero-order valence-electron chi connectivity index (χ0n) is 10.8. The lowest BCUT2D eigenvalue weighted by Gasteiger charge is -2.20. The van der Waals surface area contributed by atoms with Crippen molar-refractivity contribution in [3.05, 3.63) is 27.7 Å². The number of hydrogen-bond donors (Lipinski definition) is 2. The Morgan fingerprint density at radius 1 is 1.16 bits per heavy atom. The molecule has 0 radical (unpaired) electrons. The molecule has 0 fully saturated rings. The van der Waals surface area contributed by atoms with Gasteiger partial charge in [-0.1, -0.05) is 13.8 Å². The van der Waals surface area contributed by atoms with E-state index in [1.165, 1.54) is 12.1 Å². The van der Waals surface area contributed by atoms with Gasteiger partial charge in [0.05, 0.1) is 21.7 Å². The van der Waals surface area contributed by atoms with Crippen LogP contribution >= 0.6 is 15.9 Å². The highest BCUT2D eigenvalue weighted by Gasteiger charge is 2.23. The molecule has 0 saturated carbocycles. The molecule has 104 valence electrons. The number of ether oxygens (including phenoxy) is 1. The van der Waals surface area contributed by atoms with Gasteiger partial charge >= 0.3 is 11.9 Å². The van der Waals surface area contributed by atoms with E-state index in [4.69, 9.17) is 14.9 Å². The molecule has 5 nitrogen and oxygen atoms in total. The Hall–Kier alpha value is -1.56. The third-order valence-corrected chi connectivity index (χ3v) is 3.59. The zero-order valence-corrected chi connectivity index (χ0v) is 12.4. The van der Waals surface area contributed by atoms with Crippen molar-refractivity contribution in [3.63, 3.8) is 0 Å². The van der Waals surface area contributed by atoms with Crippen LogP contribution in [-0.4, -0.2) is 28.3 Å². The second kappa shape index (κ2) is 6.06. The van der Waals surface area contributed by atoms with Crippen molar-refractivity contribution in [2.24, 2.45) is 5.92 Å². The zero-order chi connectivity index (χ0) is 14.7.